The Hall–Kier alpha value is -2.17. The van der Waals surface area contributed by atoms with Crippen molar-refractivity contribution in [3.05, 3.63) is 24.0 Å². The van der Waals surface area contributed by atoms with Crippen LogP contribution in [0.25, 0.3) is 0 Å². The molecule has 3 N–H and O–H groups in total. The summed E-state index contributed by atoms with van der Waals surface area (Å²) >= 11 is 0. The molecule has 7 nitrogen and oxygen atoms in total. The summed E-state index contributed by atoms with van der Waals surface area (Å²) in [7, 11) is 0. The van der Waals surface area contributed by atoms with E-state index in [1.165, 1.54) is 21.9 Å². The molecule has 1 saturated heterocycles. The average molecular weight is 414 g/mol. The van der Waals surface area contributed by atoms with Crippen molar-refractivity contribution in [2.24, 2.45) is 5.73 Å². The zero-order valence-electron chi connectivity index (χ0n) is 16.0. The Labute approximate surface area is 167 Å². The highest BCUT2D eigenvalue weighted by Gasteiger charge is 2.35. The molecule has 29 heavy (non-hydrogen) atoms. The Morgan fingerprint density at radius 1 is 1.38 bits per heavy atom. The number of amides is 2. The topological polar surface area (TPSA) is 87.9 Å². The number of carbonyl (C=O) groups is 2. The molecule has 160 valence electrons. The first-order valence-electron chi connectivity index (χ1n) is 9.63. The Morgan fingerprint density at radius 2 is 2.14 bits per heavy atom. The standard InChI is InChI=1S/C19H25F3N4O3/c20-14-8-13(25-6-7-29-11-18(25)27)4-5-15(14)24-19(28)16(9-23)26(10-17(21)22)12-2-1-3-12/h4-5,8,12,16-17H,1-3,6-7,9-11,23H2,(H,24,28)/t16-/m1/s1. The summed E-state index contributed by atoms with van der Waals surface area (Å²) in [6.07, 6.45) is -0.223. The predicted molar refractivity (Wildman–Crippen MR) is 101 cm³/mol. The Morgan fingerprint density at radius 3 is 2.69 bits per heavy atom. The summed E-state index contributed by atoms with van der Waals surface area (Å²) in [5.74, 6) is -1.64. The Kier molecular flexibility index (Phi) is 7.09. The van der Waals surface area contributed by atoms with Crippen LogP contribution in [0.5, 0.6) is 0 Å². The zero-order chi connectivity index (χ0) is 21.0. The molecule has 1 atom stereocenters. The van der Waals surface area contributed by atoms with Gasteiger partial charge >= 0.3 is 0 Å². The molecule has 3 rings (SSSR count). The van der Waals surface area contributed by atoms with E-state index < -0.39 is 30.7 Å². The number of nitrogens with zero attached hydrogens (tertiary/aromatic N) is 2. The molecule has 0 spiro atoms. The molecule has 1 aliphatic heterocycles. The van der Waals surface area contributed by atoms with Crippen LogP contribution in [-0.4, -0.2) is 68.1 Å². The van der Waals surface area contributed by atoms with E-state index in [0.717, 1.165) is 25.3 Å². The minimum Gasteiger partial charge on any atom is -0.370 e. The van der Waals surface area contributed by atoms with Crippen LogP contribution in [0.4, 0.5) is 24.5 Å². The van der Waals surface area contributed by atoms with Crippen LogP contribution in [0, 0.1) is 5.82 Å². The summed E-state index contributed by atoms with van der Waals surface area (Å²) in [5.41, 5.74) is 5.96. The Balaban J connectivity index is 1.71. The predicted octanol–water partition coefficient (Wildman–Crippen LogP) is 1.57. The number of hydrogen-bond donors (Lipinski definition) is 2. The van der Waals surface area contributed by atoms with Crippen molar-refractivity contribution >= 4 is 23.2 Å². The summed E-state index contributed by atoms with van der Waals surface area (Å²) in [5, 5.41) is 2.45. The lowest BCUT2D eigenvalue weighted by Gasteiger charge is -2.41. The van der Waals surface area contributed by atoms with Gasteiger partial charge in [-0.05, 0) is 31.0 Å². The van der Waals surface area contributed by atoms with E-state index in [4.69, 9.17) is 10.5 Å². The maximum atomic E-state index is 14.6. The second-order valence-electron chi connectivity index (χ2n) is 7.18. The molecule has 2 fully saturated rings. The maximum absolute atomic E-state index is 14.6. The third-order valence-corrected chi connectivity index (χ3v) is 5.33. The summed E-state index contributed by atoms with van der Waals surface area (Å²) in [4.78, 5) is 27.4. The number of nitrogens with one attached hydrogen (secondary N) is 1. The second kappa shape index (κ2) is 9.55. The molecule has 0 unspecified atom stereocenters. The first kappa shape index (κ1) is 21.5. The minimum atomic E-state index is -2.60. The highest BCUT2D eigenvalue weighted by Crippen LogP contribution is 2.28. The van der Waals surface area contributed by atoms with Crippen LogP contribution >= 0.6 is 0 Å². The second-order valence-corrected chi connectivity index (χ2v) is 7.18. The molecule has 10 heteroatoms. The van der Waals surface area contributed by atoms with Gasteiger partial charge in [0.15, 0.2) is 0 Å². The van der Waals surface area contributed by atoms with Crippen molar-refractivity contribution in [1.29, 1.82) is 0 Å². The van der Waals surface area contributed by atoms with E-state index in [1.807, 2.05) is 0 Å². The molecule has 2 aliphatic rings. The molecule has 0 bridgehead atoms. The van der Waals surface area contributed by atoms with Gasteiger partial charge in [-0.25, -0.2) is 13.2 Å². The number of halogens is 3. The van der Waals surface area contributed by atoms with Crippen molar-refractivity contribution in [2.45, 2.75) is 37.8 Å². The third kappa shape index (κ3) is 5.06. The van der Waals surface area contributed by atoms with Gasteiger partial charge in [-0.15, -0.1) is 0 Å². The number of hydrogen-bond acceptors (Lipinski definition) is 5. The van der Waals surface area contributed by atoms with Crippen LogP contribution in [0.2, 0.25) is 0 Å². The van der Waals surface area contributed by atoms with Crippen molar-refractivity contribution in [2.75, 3.05) is 43.1 Å². The van der Waals surface area contributed by atoms with Gasteiger partial charge in [-0.2, -0.15) is 0 Å². The van der Waals surface area contributed by atoms with Gasteiger partial charge in [0, 0.05) is 24.8 Å². The van der Waals surface area contributed by atoms with Gasteiger partial charge in [0.1, 0.15) is 18.5 Å². The fourth-order valence-corrected chi connectivity index (χ4v) is 3.58. The molecule has 1 heterocycles. The number of anilines is 2. The fraction of sp³-hybridized carbons (Fsp3) is 0.579. The van der Waals surface area contributed by atoms with Crippen LogP contribution in [0.15, 0.2) is 18.2 Å². The maximum Gasteiger partial charge on any atom is 0.253 e. The highest BCUT2D eigenvalue weighted by atomic mass is 19.3. The molecular formula is C19H25F3N4O3. The number of carbonyl (C=O) groups excluding carboxylic acids is 2. The fourth-order valence-electron chi connectivity index (χ4n) is 3.58. The van der Waals surface area contributed by atoms with Crippen LogP contribution in [-0.2, 0) is 14.3 Å². The number of benzene rings is 1. The van der Waals surface area contributed by atoms with Crippen LogP contribution < -0.4 is 16.0 Å². The molecule has 2 amide bonds. The van der Waals surface area contributed by atoms with E-state index in [1.54, 1.807) is 0 Å². The van der Waals surface area contributed by atoms with Crippen molar-refractivity contribution < 1.29 is 27.5 Å². The molecule has 1 aliphatic carbocycles. The molecular weight excluding hydrogens is 389 g/mol. The number of morpholine rings is 1. The zero-order valence-corrected chi connectivity index (χ0v) is 16.0. The highest BCUT2D eigenvalue weighted by molar-refractivity contribution is 5.97. The molecule has 0 aromatic heterocycles. The van der Waals surface area contributed by atoms with Gasteiger partial charge in [-0.1, -0.05) is 6.42 Å². The van der Waals surface area contributed by atoms with Crippen molar-refractivity contribution in [3.63, 3.8) is 0 Å². The van der Waals surface area contributed by atoms with E-state index >= 15 is 0 Å². The third-order valence-electron chi connectivity index (χ3n) is 5.33. The van der Waals surface area contributed by atoms with E-state index in [0.29, 0.717) is 18.8 Å². The van der Waals surface area contributed by atoms with Crippen LogP contribution in [0.1, 0.15) is 19.3 Å². The van der Waals surface area contributed by atoms with Gasteiger partial charge in [0.2, 0.25) is 5.91 Å². The van der Waals surface area contributed by atoms with Crippen molar-refractivity contribution in [3.8, 4) is 0 Å². The smallest absolute Gasteiger partial charge is 0.253 e. The van der Waals surface area contributed by atoms with Gasteiger partial charge < -0.3 is 20.7 Å². The lowest BCUT2D eigenvalue weighted by atomic mass is 9.90. The van der Waals surface area contributed by atoms with E-state index in [-0.39, 0.29) is 30.8 Å². The van der Waals surface area contributed by atoms with Gasteiger partial charge in [-0.3, -0.25) is 14.5 Å². The van der Waals surface area contributed by atoms with Gasteiger partial charge in [0.25, 0.3) is 12.3 Å². The lowest BCUT2D eigenvalue weighted by Crippen LogP contribution is -2.56. The Bertz CT molecular complexity index is 745. The monoisotopic (exact) mass is 414 g/mol. The number of nitrogens with two attached hydrogens (primary N) is 1. The molecule has 1 aromatic carbocycles. The number of alkyl halides is 2. The molecule has 1 saturated carbocycles. The quantitative estimate of drug-likeness (QED) is 0.674. The van der Waals surface area contributed by atoms with Gasteiger partial charge in [0.05, 0.1) is 18.8 Å². The average Bonchev–Trinajstić information content (AvgIpc) is 2.62. The minimum absolute atomic E-state index is 0.0700. The number of rotatable bonds is 8. The molecule has 1 aromatic rings. The summed E-state index contributed by atoms with van der Waals surface area (Å²) < 4.78 is 45.6. The van der Waals surface area contributed by atoms with Crippen LogP contribution in [0.3, 0.4) is 0 Å². The first-order chi connectivity index (χ1) is 13.9. The summed E-state index contributed by atoms with van der Waals surface area (Å²) in [6, 6.07) is 2.91. The number of ether oxygens (including phenoxy) is 1. The normalized spacial score (nSPS) is 18.8. The van der Waals surface area contributed by atoms with Crippen molar-refractivity contribution in [1.82, 2.24) is 4.90 Å². The first-order valence-corrected chi connectivity index (χ1v) is 9.63. The lowest BCUT2D eigenvalue weighted by molar-refractivity contribution is -0.126. The largest absolute Gasteiger partial charge is 0.370 e. The summed E-state index contributed by atoms with van der Waals surface area (Å²) in [6.45, 7) is -0.120. The van der Waals surface area contributed by atoms with E-state index in [9.17, 15) is 22.8 Å². The molecule has 0 radical (unpaired) electrons. The SMILES string of the molecule is NC[C@H](C(=O)Nc1ccc(N2CCOCC2=O)cc1F)N(CC(F)F)C1CCC1. The van der Waals surface area contributed by atoms with E-state index in [2.05, 4.69) is 5.32 Å².